The molecule has 2 saturated heterocycles. The second kappa shape index (κ2) is 17.3. The highest BCUT2D eigenvalue weighted by molar-refractivity contribution is 8.00. The van der Waals surface area contributed by atoms with Crippen molar-refractivity contribution in [3.05, 3.63) is 20.9 Å². The largest absolute Gasteiger partial charge is 0.463 e. The minimum Gasteiger partial charge on any atom is -0.463 e. The second-order valence-corrected chi connectivity index (χ2v) is 10.7. The van der Waals surface area contributed by atoms with Crippen molar-refractivity contribution in [3.63, 3.8) is 0 Å². The summed E-state index contributed by atoms with van der Waals surface area (Å²) in [5.41, 5.74) is 15.9. The summed E-state index contributed by atoms with van der Waals surface area (Å²) in [5.74, 6) is -4.81. The number of ether oxygens (including phenoxy) is 8. The van der Waals surface area contributed by atoms with Gasteiger partial charge in [0.2, 0.25) is 0 Å². The van der Waals surface area contributed by atoms with Crippen LogP contribution in [-0.4, -0.2) is 109 Å². The molecule has 0 aromatic carbocycles. The topological polar surface area (TPSA) is 274 Å². The van der Waals surface area contributed by atoms with Gasteiger partial charge in [-0.2, -0.15) is 0 Å². The minimum absolute atomic E-state index is 0.502. The van der Waals surface area contributed by atoms with E-state index in [-0.39, 0.29) is 0 Å². The van der Waals surface area contributed by atoms with E-state index in [0.29, 0.717) is 11.8 Å². The molecule has 0 N–H and O–H groups in total. The second-order valence-electron chi connectivity index (χ2n) is 9.51. The minimum atomic E-state index is -1.49. The summed E-state index contributed by atoms with van der Waals surface area (Å²) in [5, 5.41) is 7.36. The first kappa shape index (κ1) is 36.9. The SMILES string of the molecule is CC(=O)OCC1O[C@@H](S[C@@H]2OC(COC(C)=O)[C@H](OC(C)=O)C(N=[N+]=[N-])[C@@H]2OC(C)=O)C(OC(C)=O)C(N=[N+]=[N-])[C@H]1OC(C)=O. The van der Waals surface area contributed by atoms with Crippen molar-refractivity contribution in [2.45, 2.75) is 101 Å². The molecule has 45 heavy (non-hydrogen) atoms. The number of esters is 6. The Hall–Kier alpha value is -4.29. The van der Waals surface area contributed by atoms with Crippen molar-refractivity contribution >= 4 is 47.6 Å². The molecule has 0 aromatic rings. The zero-order valence-electron chi connectivity index (χ0n) is 25.0. The van der Waals surface area contributed by atoms with E-state index in [1.54, 1.807) is 0 Å². The van der Waals surface area contributed by atoms with Crippen molar-refractivity contribution < 1.29 is 66.7 Å². The van der Waals surface area contributed by atoms with Crippen molar-refractivity contribution in [2.24, 2.45) is 10.2 Å². The van der Waals surface area contributed by atoms with Crippen molar-refractivity contribution in [1.82, 2.24) is 0 Å². The van der Waals surface area contributed by atoms with Crippen LogP contribution in [-0.2, 0) is 66.7 Å². The normalized spacial score (nSPS) is 30.6. The highest BCUT2D eigenvalue weighted by Crippen LogP contribution is 2.41. The van der Waals surface area contributed by atoms with Crippen LogP contribution < -0.4 is 0 Å². The Labute approximate surface area is 259 Å². The quantitative estimate of drug-likeness (QED) is 0.0939. The summed E-state index contributed by atoms with van der Waals surface area (Å²) in [6, 6.07) is -2.88. The van der Waals surface area contributed by atoms with Crippen LogP contribution in [0, 0.1) is 0 Å². The first-order valence-electron chi connectivity index (χ1n) is 13.2. The Morgan fingerprint density at radius 2 is 0.889 bits per heavy atom. The van der Waals surface area contributed by atoms with E-state index in [9.17, 15) is 39.8 Å². The fraction of sp³-hybridized carbons (Fsp3) is 0.750. The molecule has 5 unspecified atom stereocenters. The lowest BCUT2D eigenvalue weighted by molar-refractivity contribution is -0.205. The van der Waals surface area contributed by atoms with Crippen LogP contribution >= 0.6 is 11.8 Å². The molecular formula is C24H32N6O14S. The molecule has 0 bridgehead atoms. The number of thioether (sulfide) groups is 1. The van der Waals surface area contributed by atoms with Gasteiger partial charge in [0.1, 0.15) is 72.8 Å². The lowest BCUT2D eigenvalue weighted by Crippen LogP contribution is -2.62. The highest BCUT2D eigenvalue weighted by atomic mass is 32.2. The molecule has 0 spiro atoms. The molecule has 10 atom stereocenters. The number of nitrogens with zero attached hydrogens (tertiary/aromatic N) is 6. The van der Waals surface area contributed by atoms with E-state index in [4.69, 9.17) is 37.9 Å². The third kappa shape index (κ3) is 11.0. The summed E-state index contributed by atoms with van der Waals surface area (Å²) in [7, 11) is 0. The van der Waals surface area contributed by atoms with Crippen LogP contribution in [0.4, 0.5) is 0 Å². The average Bonchev–Trinajstić information content (AvgIpc) is 2.92. The Bertz CT molecular complexity index is 1150. The Balaban J connectivity index is 2.66. The number of carbonyl (C=O) groups is 6. The lowest BCUT2D eigenvalue weighted by atomic mass is 9.97. The number of carbonyl (C=O) groups excluding carboxylic acids is 6. The number of hydrogen-bond donors (Lipinski definition) is 0. The standard InChI is InChI=1S/C24H32N6O14S/c1-9(31)37-7-15-19(39-11(3)33)17(27-29-25)21(41-13(5)35)23(43-15)45-24-22(42-14(6)36)18(28-30-26)20(40-12(4)34)16(44-24)8-38-10(2)32/h15-24H,7-8H2,1-6H3/t15?,16?,17?,18?,19-,20-,21-,22?,23-,24-/m0/s1. The molecule has 2 aliphatic heterocycles. The molecule has 0 aliphatic carbocycles. The van der Waals surface area contributed by atoms with Gasteiger partial charge in [0, 0.05) is 51.4 Å². The van der Waals surface area contributed by atoms with Gasteiger partial charge in [-0.1, -0.05) is 22.0 Å². The molecule has 0 aromatic heterocycles. The van der Waals surface area contributed by atoms with Crippen LogP contribution in [0.2, 0.25) is 0 Å². The van der Waals surface area contributed by atoms with E-state index >= 15 is 0 Å². The van der Waals surface area contributed by atoms with E-state index < -0.39 is 109 Å². The van der Waals surface area contributed by atoms with Crippen LogP contribution in [0.1, 0.15) is 41.5 Å². The van der Waals surface area contributed by atoms with Gasteiger partial charge in [-0.15, -0.1) is 0 Å². The molecule has 248 valence electrons. The summed E-state index contributed by atoms with van der Waals surface area (Å²) in [6.45, 7) is 5.45. The molecule has 2 heterocycles. The molecule has 21 heteroatoms. The van der Waals surface area contributed by atoms with Gasteiger partial charge in [-0.3, -0.25) is 28.8 Å². The number of azide groups is 2. The monoisotopic (exact) mass is 660 g/mol. The van der Waals surface area contributed by atoms with Gasteiger partial charge in [0.15, 0.2) is 0 Å². The summed E-state index contributed by atoms with van der Waals surface area (Å²) < 4.78 is 43.8. The highest BCUT2D eigenvalue weighted by Gasteiger charge is 2.55. The molecule has 0 amide bonds. The van der Waals surface area contributed by atoms with Gasteiger partial charge >= 0.3 is 35.8 Å². The molecule has 20 nitrogen and oxygen atoms in total. The lowest BCUT2D eigenvalue weighted by Gasteiger charge is -2.47. The van der Waals surface area contributed by atoms with E-state index in [1.807, 2.05) is 0 Å². The third-order valence-corrected chi connectivity index (χ3v) is 7.28. The fourth-order valence-electron chi connectivity index (χ4n) is 4.50. The van der Waals surface area contributed by atoms with Crippen LogP contribution in [0.25, 0.3) is 20.9 Å². The smallest absolute Gasteiger partial charge is 0.303 e. The zero-order valence-corrected chi connectivity index (χ0v) is 25.8. The molecule has 2 rings (SSSR count). The number of rotatable bonds is 12. The van der Waals surface area contributed by atoms with E-state index in [1.165, 1.54) is 0 Å². The Kier molecular flexibility index (Phi) is 14.2. The van der Waals surface area contributed by atoms with Gasteiger partial charge in [0.25, 0.3) is 0 Å². The van der Waals surface area contributed by atoms with Crippen molar-refractivity contribution in [1.29, 1.82) is 0 Å². The average molecular weight is 661 g/mol. The maximum absolute atomic E-state index is 12.2. The molecule has 2 fully saturated rings. The summed E-state index contributed by atoms with van der Waals surface area (Å²) >= 11 is 0.691. The van der Waals surface area contributed by atoms with Crippen LogP contribution in [0.5, 0.6) is 0 Å². The van der Waals surface area contributed by atoms with Crippen molar-refractivity contribution in [2.75, 3.05) is 13.2 Å². The van der Waals surface area contributed by atoms with Gasteiger partial charge < -0.3 is 37.9 Å². The maximum atomic E-state index is 12.2. The predicted molar refractivity (Wildman–Crippen MR) is 146 cm³/mol. The van der Waals surface area contributed by atoms with Gasteiger partial charge in [0.05, 0.1) is 0 Å². The third-order valence-electron chi connectivity index (χ3n) is 5.98. The summed E-state index contributed by atoms with van der Waals surface area (Å²) in [4.78, 5) is 77.0. The van der Waals surface area contributed by atoms with Crippen molar-refractivity contribution in [3.8, 4) is 0 Å². The molecule has 0 radical (unpaired) electrons. The molecule has 0 saturated carbocycles. The van der Waals surface area contributed by atoms with Gasteiger partial charge in [-0.05, 0) is 11.1 Å². The number of hydrogen-bond acceptors (Lipinski definition) is 17. The Morgan fingerprint density at radius 3 is 1.16 bits per heavy atom. The fourth-order valence-corrected chi connectivity index (χ4v) is 5.92. The first-order valence-corrected chi connectivity index (χ1v) is 14.1. The maximum Gasteiger partial charge on any atom is 0.303 e. The zero-order chi connectivity index (χ0) is 33.8. The molecule has 2 aliphatic rings. The van der Waals surface area contributed by atoms with Crippen LogP contribution in [0.3, 0.4) is 0 Å². The van der Waals surface area contributed by atoms with Gasteiger partial charge in [-0.25, -0.2) is 0 Å². The van der Waals surface area contributed by atoms with E-state index in [2.05, 4.69) is 20.1 Å². The predicted octanol–water partition coefficient (Wildman–Crippen LogP) is 1.38. The van der Waals surface area contributed by atoms with Crippen LogP contribution in [0.15, 0.2) is 10.2 Å². The summed E-state index contributed by atoms with van der Waals surface area (Å²) in [6.07, 6.45) is -8.36. The Morgan fingerprint density at radius 1 is 0.578 bits per heavy atom. The first-order chi connectivity index (χ1) is 21.2. The van der Waals surface area contributed by atoms with E-state index in [0.717, 1.165) is 41.5 Å². The molecular weight excluding hydrogens is 628 g/mol.